The molecular weight excluding hydrogens is 296 g/mol. The molecule has 0 bridgehead atoms. The number of aromatic nitrogens is 1. The van der Waals surface area contributed by atoms with E-state index >= 15 is 0 Å². The summed E-state index contributed by atoms with van der Waals surface area (Å²) in [5, 5.41) is 8.85. The Kier molecular flexibility index (Phi) is 4.28. The van der Waals surface area contributed by atoms with Gasteiger partial charge in [0.1, 0.15) is 10.7 Å². The molecule has 7 heteroatoms. The number of aliphatic hydroxyl groups is 1. The van der Waals surface area contributed by atoms with Gasteiger partial charge in [0.2, 0.25) is 0 Å². The first-order chi connectivity index (χ1) is 7.36. The molecule has 0 amide bonds. The molecule has 0 fully saturated rings. The van der Waals surface area contributed by atoms with E-state index in [0.717, 1.165) is 0 Å². The molecule has 3 N–H and O–H groups in total. The van der Waals surface area contributed by atoms with Crippen molar-refractivity contribution in [3.05, 3.63) is 16.7 Å². The molecule has 0 aromatic carbocycles. The SMILES string of the molecule is C[C@@H](CO)CS(=O)(=O)c1cc(Br)cnc1N. The largest absolute Gasteiger partial charge is 0.396 e. The van der Waals surface area contributed by atoms with E-state index in [1.165, 1.54) is 12.3 Å². The summed E-state index contributed by atoms with van der Waals surface area (Å²) >= 11 is 3.14. The third-order valence-corrected chi connectivity index (χ3v) is 4.44. The number of halogens is 1. The molecule has 0 radical (unpaired) electrons. The monoisotopic (exact) mass is 308 g/mol. The summed E-state index contributed by atoms with van der Waals surface area (Å²) in [5.74, 6) is -0.497. The molecule has 0 saturated carbocycles. The van der Waals surface area contributed by atoms with E-state index in [-0.39, 0.29) is 29.0 Å². The number of nitrogens with zero attached hydrogens (tertiary/aromatic N) is 1. The number of anilines is 1. The normalized spacial score (nSPS) is 13.7. The molecular formula is C9H13BrN2O3S. The lowest BCUT2D eigenvalue weighted by Crippen LogP contribution is -2.18. The van der Waals surface area contributed by atoms with E-state index in [1.54, 1.807) is 6.92 Å². The molecule has 0 spiro atoms. The zero-order valence-corrected chi connectivity index (χ0v) is 11.1. The molecule has 16 heavy (non-hydrogen) atoms. The molecule has 0 aliphatic heterocycles. The summed E-state index contributed by atoms with van der Waals surface area (Å²) in [4.78, 5) is 3.77. The van der Waals surface area contributed by atoms with Gasteiger partial charge in [-0.25, -0.2) is 13.4 Å². The lowest BCUT2D eigenvalue weighted by molar-refractivity contribution is 0.249. The Hall–Kier alpha value is -0.660. The molecule has 1 rings (SSSR count). The van der Waals surface area contributed by atoms with E-state index in [1.807, 2.05) is 0 Å². The third kappa shape index (κ3) is 3.16. The fourth-order valence-electron chi connectivity index (χ4n) is 1.20. The van der Waals surface area contributed by atoms with E-state index in [4.69, 9.17) is 10.8 Å². The average molecular weight is 309 g/mol. The second kappa shape index (κ2) is 5.11. The van der Waals surface area contributed by atoms with Gasteiger partial charge in [-0.15, -0.1) is 0 Å². The number of aliphatic hydroxyl groups excluding tert-OH is 1. The fourth-order valence-corrected chi connectivity index (χ4v) is 3.39. The number of nitrogens with two attached hydrogens (primary N) is 1. The van der Waals surface area contributed by atoms with Gasteiger partial charge in [0.25, 0.3) is 0 Å². The van der Waals surface area contributed by atoms with Crippen LogP contribution in [0.5, 0.6) is 0 Å². The van der Waals surface area contributed by atoms with Crippen molar-refractivity contribution in [3.8, 4) is 0 Å². The molecule has 0 unspecified atom stereocenters. The van der Waals surface area contributed by atoms with Gasteiger partial charge < -0.3 is 10.8 Å². The van der Waals surface area contributed by atoms with Crippen molar-refractivity contribution in [1.29, 1.82) is 0 Å². The Morgan fingerprint density at radius 3 is 2.81 bits per heavy atom. The maximum Gasteiger partial charge on any atom is 0.182 e. The van der Waals surface area contributed by atoms with Crippen molar-refractivity contribution in [2.45, 2.75) is 11.8 Å². The Morgan fingerprint density at radius 1 is 1.62 bits per heavy atom. The number of rotatable bonds is 4. The van der Waals surface area contributed by atoms with E-state index < -0.39 is 9.84 Å². The Bertz CT molecular complexity index is 476. The number of hydrogen-bond acceptors (Lipinski definition) is 5. The first-order valence-electron chi connectivity index (χ1n) is 4.61. The Balaban J connectivity index is 3.12. The minimum absolute atomic E-state index is 0.00201. The zero-order valence-electron chi connectivity index (χ0n) is 8.72. The van der Waals surface area contributed by atoms with Crippen LogP contribution in [-0.4, -0.2) is 30.9 Å². The van der Waals surface area contributed by atoms with Crippen LogP contribution in [0.15, 0.2) is 21.6 Å². The molecule has 5 nitrogen and oxygen atoms in total. The molecule has 1 aromatic rings. The van der Waals surface area contributed by atoms with Gasteiger partial charge in [0.15, 0.2) is 9.84 Å². The van der Waals surface area contributed by atoms with Crippen LogP contribution in [0.4, 0.5) is 5.82 Å². The van der Waals surface area contributed by atoms with Crippen LogP contribution in [0.25, 0.3) is 0 Å². The summed E-state index contributed by atoms with van der Waals surface area (Å²) in [6, 6.07) is 1.42. The standard InChI is InChI=1S/C9H13BrN2O3S/c1-6(4-13)5-16(14,15)8-2-7(10)3-12-9(8)11/h2-3,6,13H,4-5H2,1H3,(H2,11,12)/t6-/m0/s1. The van der Waals surface area contributed by atoms with Crippen LogP contribution < -0.4 is 5.73 Å². The zero-order chi connectivity index (χ0) is 12.3. The van der Waals surface area contributed by atoms with Crippen LogP contribution >= 0.6 is 15.9 Å². The highest BCUT2D eigenvalue weighted by molar-refractivity contribution is 9.10. The van der Waals surface area contributed by atoms with Gasteiger partial charge in [0, 0.05) is 17.3 Å². The second-order valence-corrected chi connectivity index (χ2v) is 6.52. The molecule has 1 aromatic heterocycles. The number of hydrogen-bond donors (Lipinski definition) is 2. The molecule has 90 valence electrons. The average Bonchev–Trinajstić information content (AvgIpc) is 2.20. The number of nitrogen functional groups attached to an aromatic ring is 1. The maximum atomic E-state index is 11.9. The summed E-state index contributed by atoms with van der Waals surface area (Å²) < 4.78 is 24.4. The van der Waals surface area contributed by atoms with Gasteiger partial charge in [-0.2, -0.15) is 0 Å². The first-order valence-corrected chi connectivity index (χ1v) is 7.06. The van der Waals surface area contributed by atoms with Gasteiger partial charge in [-0.3, -0.25) is 0 Å². The van der Waals surface area contributed by atoms with Crippen molar-refractivity contribution in [2.75, 3.05) is 18.1 Å². The van der Waals surface area contributed by atoms with Crippen LogP contribution in [0, 0.1) is 5.92 Å². The fraction of sp³-hybridized carbons (Fsp3) is 0.444. The van der Waals surface area contributed by atoms with Crippen LogP contribution in [-0.2, 0) is 9.84 Å². The molecule has 0 aliphatic rings. The van der Waals surface area contributed by atoms with Crippen LogP contribution in [0.3, 0.4) is 0 Å². The number of pyridine rings is 1. The van der Waals surface area contributed by atoms with E-state index in [0.29, 0.717) is 4.47 Å². The minimum atomic E-state index is -3.50. The van der Waals surface area contributed by atoms with Crippen molar-refractivity contribution < 1.29 is 13.5 Å². The van der Waals surface area contributed by atoms with Crippen molar-refractivity contribution >= 4 is 31.6 Å². The molecule has 0 aliphatic carbocycles. The minimum Gasteiger partial charge on any atom is -0.396 e. The summed E-state index contributed by atoms with van der Waals surface area (Å²) in [5.41, 5.74) is 5.52. The molecule has 1 atom stereocenters. The molecule has 0 saturated heterocycles. The van der Waals surface area contributed by atoms with Gasteiger partial charge >= 0.3 is 0 Å². The van der Waals surface area contributed by atoms with Crippen molar-refractivity contribution in [3.63, 3.8) is 0 Å². The number of sulfone groups is 1. The highest BCUT2D eigenvalue weighted by Gasteiger charge is 2.21. The van der Waals surface area contributed by atoms with E-state index in [2.05, 4.69) is 20.9 Å². The summed E-state index contributed by atoms with van der Waals surface area (Å²) in [7, 11) is -3.50. The third-order valence-electron chi connectivity index (χ3n) is 2.00. The lowest BCUT2D eigenvalue weighted by Gasteiger charge is -2.10. The maximum absolute atomic E-state index is 11.9. The topological polar surface area (TPSA) is 93.3 Å². The van der Waals surface area contributed by atoms with Gasteiger partial charge in [-0.05, 0) is 27.9 Å². The summed E-state index contributed by atoms with van der Waals surface area (Å²) in [6.45, 7) is 1.47. The van der Waals surface area contributed by atoms with Crippen molar-refractivity contribution in [1.82, 2.24) is 4.98 Å². The van der Waals surface area contributed by atoms with Gasteiger partial charge in [-0.1, -0.05) is 6.92 Å². The first kappa shape index (κ1) is 13.4. The quantitative estimate of drug-likeness (QED) is 0.859. The Labute approximate surface area is 103 Å². The lowest BCUT2D eigenvalue weighted by atomic mass is 10.2. The van der Waals surface area contributed by atoms with Gasteiger partial charge in [0.05, 0.1) is 5.75 Å². The predicted molar refractivity (Wildman–Crippen MR) is 64.7 cm³/mol. The molecule has 1 heterocycles. The van der Waals surface area contributed by atoms with Crippen LogP contribution in [0.1, 0.15) is 6.92 Å². The Morgan fingerprint density at radius 2 is 2.25 bits per heavy atom. The smallest absolute Gasteiger partial charge is 0.182 e. The highest BCUT2D eigenvalue weighted by Crippen LogP contribution is 2.22. The van der Waals surface area contributed by atoms with E-state index in [9.17, 15) is 8.42 Å². The predicted octanol–water partition coefficient (Wildman–Crippen LogP) is 0.828. The van der Waals surface area contributed by atoms with Crippen LogP contribution in [0.2, 0.25) is 0 Å². The van der Waals surface area contributed by atoms with Crippen molar-refractivity contribution in [2.24, 2.45) is 5.92 Å². The highest BCUT2D eigenvalue weighted by atomic mass is 79.9. The summed E-state index contributed by atoms with van der Waals surface area (Å²) in [6.07, 6.45) is 1.43. The second-order valence-electron chi connectivity index (χ2n) is 3.61.